The molecule has 0 aliphatic carbocycles. The number of hydrogen-bond acceptors (Lipinski definition) is 3. The Kier molecular flexibility index (Phi) is 7.68. The van der Waals surface area contributed by atoms with Crippen molar-refractivity contribution in [3.8, 4) is 18.2 Å². The van der Waals surface area contributed by atoms with Crippen LogP contribution in [0.4, 0.5) is 0 Å². The summed E-state index contributed by atoms with van der Waals surface area (Å²) in [7, 11) is 0. The molecule has 0 heterocycles. The molecule has 0 N–H and O–H groups in total. The summed E-state index contributed by atoms with van der Waals surface area (Å²) in [6.45, 7) is 0. The average Bonchev–Trinajstić information content (AvgIpc) is 1.72. The number of nitrogens with zero attached hydrogens (tertiary/aromatic N) is 3. The van der Waals surface area contributed by atoms with E-state index in [0.717, 1.165) is 0 Å². The van der Waals surface area contributed by atoms with Gasteiger partial charge in [-0.25, -0.2) is 0 Å². The molecule has 0 unspecified atom stereocenters. The molecular formula is C4HLiN3. The van der Waals surface area contributed by atoms with E-state index in [4.69, 9.17) is 15.8 Å². The third kappa shape index (κ3) is 3.26. The quantitative estimate of drug-likeness (QED) is 0.383. The van der Waals surface area contributed by atoms with Crippen LogP contribution in [-0.4, -0.2) is 18.9 Å². The molecule has 1 radical (unpaired) electrons. The van der Waals surface area contributed by atoms with Crippen molar-refractivity contribution in [3.05, 3.63) is 5.92 Å². The Hall–Kier alpha value is -0.933. The average molecular weight is 98.0 g/mol. The molecule has 4 heteroatoms. The molecule has 0 aliphatic heterocycles. The van der Waals surface area contributed by atoms with Crippen LogP contribution in [0.2, 0.25) is 0 Å². The van der Waals surface area contributed by atoms with Crippen LogP contribution in [-0.2, 0) is 0 Å². The van der Waals surface area contributed by atoms with E-state index in [0.29, 0.717) is 0 Å². The molecule has 8 heavy (non-hydrogen) atoms. The van der Waals surface area contributed by atoms with Crippen molar-refractivity contribution in [3.63, 3.8) is 0 Å². The summed E-state index contributed by atoms with van der Waals surface area (Å²) in [4.78, 5) is 0. The molecule has 0 saturated heterocycles. The fourth-order valence-electron chi connectivity index (χ4n) is 0.0750. The predicted octanol–water partition coefficient (Wildman–Crippen LogP) is -0.517. The molecule has 0 bridgehead atoms. The van der Waals surface area contributed by atoms with Crippen LogP contribution in [0.3, 0.4) is 0 Å². The van der Waals surface area contributed by atoms with Gasteiger partial charge in [0.1, 0.15) is 18.2 Å². The second-order valence-corrected chi connectivity index (χ2v) is 0.710. The number of nitriles is 3. The van der Waals surface area contributed by atoms with E-state index in [1.165, 1.54) is 18.2 Å². The predicted molar refractivity (Wildman–Crippen MR) is 27.2 cm³/mol. The maximum atomic E-state index is 7.79. The van der Waals surface area contributed by atoms with Gasteiger partial charge in [-0.15, -0.1) is 0 Å². The Morgan fingerprint density at radius 1 is 0.875 bits per heavy atom. The normalized spacial score (nSPS) is 5.25. The van der Waals surface area contributed by atoms with Crippen LogP contribution in [0.15, 0.2) is 0 Å². The summed E-state index contributed by atoms with van der Waals surface area (Å²) in [5, 5.41) is 23.4. The molecule has 33 valence electrons. The van der Waals surface area contributed by atoms with Gasteiger partial charge in [-0.2, -0.15) is 15.8 Å². The number of rotatable bonds is 0. The molecule has 3 nitrogen and oxygen atoms in total. The van der Waals surface area contributed by atoms with Crippen molar-refractivity contribution in [2.75, 3.05) is 0 Å². The van der Waals surface area contributed by atoms with E-state index in [9.17, 15) is 0 Å². The second kappa shape index (κ2) is 6.07. The number of hydrogen-bond donors (Lipinski definition) is 0. The van der Waals surface area contributed by atoms with Gasteiger partial charge >= 0.3 is 18.9 Å². The molecule has 0 aromatic heterocycles. The molecule has 0 atom stereocenters. The van der Waals surface area contributed by atoms with Gasteiger partial charge in [0.2, 0.25) is 0 Å². The van der Waals surface area contributed by atoms with Crippen LogP contribution in [0, 0.1) is 39.9 Å². The van der Waals surface area contributed by atoms with Gasteiger partial charge in [-0.3, -0.25) is 0 Å². The first-order valence-electron chi connectivity index (χ1n) is 1.42. The standard InChI is InChI=1S/C4N3.Li.H/c5-1-4(2-6)3-7;;. The van der Waals surface area contributed by atoms with Crippen molar-refractivity contribution in [2.45, 2.75) is 0 Å². The molecule has 0 aliphatic rings. The van der Waals surface area contributed by atoms with Crippen LogP contribution in [0.5, 0.6) is 0 Å². The molecule has 0 spiro atoms. The zero-order valence-corrected chi connectivity index (χ0v) is 3.34. The summed E-state index contributed by atoms with van der Waals surface area (Å²) < 4.78 is 0. The molecule has 0 amide bonds. The molecule has 0 fully saturated rings. The van der Waals surface area contributed by atoms with Crippen molar-refractivity contribution < 1.29 is 0 Å². The van der Waals surface area contributed by atoms with Crippen molar-refractivity contribution >= 4 is 18.9 Å². The molecule has 0 aromatic carbocycles. The van der Waals surface area contributed by atoms with E-state index in [2.05, 4.69) is 0 Å². The summed E-state index contributed by atoms with van der Waals surface area (Å²) in [5.41, 5.74) is 0. The summed E-state index contributed by atoms with van der Waals surface area (Å²) in [6.07, 6.45) is 0. The molecular weight excluding hydrogens is 97.0 g/mol. The van der Waals surface area contributed by atoms with E-state index in [-0.39, 0.29) is 18.9 Å². The summed E-state index contributed by atoms with van der Waals surface area (Å²) in [6, 6.07) is 4.19. The Labute approximate surface area is 59.3 Å². The first kappa shape index (κ1) is 10.1. The first-order chi connectivity index (χ1) is 3.35. The van der Waals surface area contributed by atoms with E-state index >= 15 is 0 Å². The van der Waals surface area contributed by atoms with Gasteiger partial charge in [0.25, 0.3) is 5.92 Å². The Morgan fingerprint density at radius 3 is 1.12 bits per heavy atom. The molecule has 0 rings (SSSR count). The molecule has 0 saturated carbocycles. The van der Waals surface area contributed by atoms with Crippen molar-refractivity contribution in [2.24, 2.45) is 0 Å². The topological polar surface area (TPSA) is 71.4 Å². The Balaban J connectivity index is 0. The fourth-order valence-corrected chi connectivity index (χ4v) is 0.0750. The third-order valence-electron chi connectivity index (χ3n) is 0.335. The van der Waals surface area contributed by atoms with E-state index < -0.39 is 5.92 Å². The monoisotopic (exact) mass is 98.0 g/mol. The van der Waals surface area contributed by atoms with E-state index in [1.807, 2.05) is 0 Å². The van der Waals surface area contributed by atoms with Crippen molar-refractivity contribution in [1.82, 2.24) is 0 Å². The summed E-state index contributed by atoms with van der Waals surface area (Å²) in [5.74, 6) is -0.403. The van der Waals surface area contributed by atoms with Crippen LogP contribution in [0.25, 0.3) is 0 Å². The minimum absolute atomic E-state index is 0. The first-order valence-corrected chi connectivity index (χ1v) is 1.42. The van der Waals surface area contributed by atoms with Crippen LogP contribution in [0.1, 0.15) is 0 Å². The van der Waals surface area contributed by atoms with Crippen LogP contribution < -0.4 is 0 Å². The minimum atomic E-state index is -0.403. The van der Waals surface area contributed by atoms with Gasteiger partial charge in [-0.05, 0) is 0 Å². The van der Waals surface area contributed by atoms with Gasteiger partial charge < -0.3 is 0 Å². The van der Waals surface area contributed by atoms with Gasteiger partial charge in [0, 0.05) is 0 Å². The Morgan fingerprint density at radius 2 is 1.12 bits per heavy atom. The second-order valence-electron chi connectivity index (χ2n) is 0.710. The maximum absolute atomic E-state index is 7.79. The van der Waals surface area contributed by atoms with Gasteiger partial charge in [0.05, 0.1) is 0 Å². The van der Waals surface area contributed by atoms with Gasteiger partial charge in [0.15, 0.2) is 0 Å². The zero-order chi connectivity index (χ0) is 5.70. The molecule has 0 aromatic rings. The zero-order valence-electron chi connectivity index (χ0n) is 3.34. The summed E-state index contributed by atoms with van der Waals surface area (Å²) >= 11 is 0. The SMILES string of the molecule is N#C[C](C#N)C#N.[LiH]. The Bertz CT molecular complexity index is 134. The van der Waals surface area contributed by atoms with E-state index in [1.54, 1.807) is 0 Å². The fraction of sp³-hybridized carbons (Fsp3) is 0. The third-order valence-corrected chi connectivity index (χ3v) is 0.335. The van der Waals surface area contributed by atoms with Crippen LogP contribution >= 0.6 is 0 Å². The van der Waals surface area contributed by atoms with Crippen molar-refractivity contribution in [1.29, 1.82) is 15.8 Å². The van der Waals surface area contributed by atoms with Gasteiger partial charge in [-0.1, -0.05) is 0 Å².